The Kier molecular flexibility index (Phi) is 3.50. The third kappa shape index (κ3) is 2.38. The SMILES string of the molecule is COc1ccc2[nH]cc(C(=O)/C(C#N)=C/c3ccc[nH]3)c2c1. The fourth-order valence-corrected chi connectivity index (χ4v) is 2.30. The van der Waals surface area contributed by atoms with Gasteiger partial charge in [-0.05, 0) is 36.4 Å². The zero-order chi connectivity index (χ0) is 15.5. The molecule has 0 saturated heterocycles. The van der Waals surface area contributed by atoms with Gasteiger partial charge in [-0.1, -0.05) is 0 Å². The summed E-state index contributed by atoms with van der Waals surface area (Å²) in [6.07, 6.45) is 4.90. The van der Waals surface area contributed by atoms with Crippen LogP contribution in [0.1, 0.15) is 16.1 Å². The number of nitrogens with one attached hydrogen (secondary N) is 2. The molecule has 0 aliphatic heterocycles. The van der Waals surface area contributed by atoms with E-state index in [4.69, 9.17) is 4.74 Å². The first-order chi connectivity index (χ1) is 10.7. The van der Waals surface area contributed by atoms with Gasteiger partial charge in [-0.15, -0.1) is 0 Å². The Labute approximate surface area is 126 Å². The third-order valence-electron chi connectivity index (χ3n) is 3.42. The van der Waals surface area contributed by atoms with Gasteiger partial charge in [0.2, 0.25) is 5.78 Å². The average Bonchev–Trinajstić information content (AvgIpc) is 3.20. The van der Waals surface area contributed by atoms with Crippen LogP contribution in [0, 0.1) is 11.3 Å². The number of fused-ring (bicyclic) bond motifs is 1. The maximum absolute atomic E-state index is 12.6. The van der Waals surface area contributed by atoms with E-state index in [2.05, 4.69) is 9.97 Å². The average molecular weight is 291 g/mol. The zero-order valence-electron chi connectivity index (χ0n) is 11.9. The first kappa shape index (κ1) is 13.7. The zero-order valence-corrected chi connectivity index (χ0v) is 11.9. The molecule has 22 heavy (non-hydrogen) atoms. The number of aromatic amines is 2. The summed E-state index contributed by atoms with van der Waals surface area (Å²) < 4.78 is 5.19. The van der Waals surface area contributed by atoms with Crippen molar-refractivity contribution in [3.8, 4) is 11.8 Å². The standard InChI is InChI=1S/C17H13N3O2/c1-22-13-4-5-16-14(8-13)15(10-20-16)17(21)11(9-18)7-12-3-2-6-19-12/h2-8,10,19-20H,1H3/b11-7+. The third-order valence-corrected chi connectivity index (χ3v) is 3.42. The van der Waals surface area contributed by atoms with Gasteiger partial charge in [-0.25, -0.2) is 0 Å². The predicted molar refractivity (Wildman–Crippen MR) is 83.6 cm³/mol. The highest BCUT2D eigenvalue weighted by molar-refractivity contribution is 6.19. The number of allylic oxidation sites excluding steroid dienone is 1. The summed E-state index contributed by atoms with van der Waals surface area (Å²) in [6, 6.07) is 11.0. The maximum atomic E-state index is 12.6. The van der Waals surface area contributed by atoms with Gasteiger partial charge >= 0.3 is 0 Å². The maximum Gasteiger partial charge on any atom is 0.205 e. The number of ether oxygens (including phenoxy) is 1. The smallest absolute Gasteiger partial charge is 0.205 e. The molecule has 3 aromatic rings. The summed E-state index contributed by atoms with van der Waals surface area (Å²) in [5, 5.41) is 10.0. The normalized spacial score (nSPS) is 11.4. The van der Waals surface area contributed by atoms with Gasteiger partial charge < -0.3 is 14.7 Å². The monoisotopic (exact) mass is 291 g/mol. The highest BCUT2D eigenvalue weighted by Crippen LogP contribution is 2.25. The quantitative estimate of drug-likeness (QED) is 0.439. The van der Waals surface area contributed by atoms with Gasteiger partial charge in [0.1, 0.15) is 17.4 Å². The fraction of sp³-hybridized carbons (Fsp3) is 0.0588. The van der Waals surface area contributed by atoms with Gasteiger partial charge in [0.15, 0.2) is 0 Å². The minimum Gasteiger partial charge on any atom is -0.497 e. The summed E-state index contributed by atoms with van der Waals surface area (Å²) in [6.45, 7) is 0. The molecule has 0 unspecified atom stereocenters. The Morgan fingerprint density at radius 3 is 2.86 bits per heavy atom. The van der Waals surface area contributed by atoms with Crippen molar-refractivity contribution in [2.24, 2.45) is 0 Å². The second-order valence-corrected chi connectivity index (χ2v) is 4.74. The van der Waals surface area contributed by atoms with E-state index in [0.717, 1.165) is 10.9 Å². The van der Waals surface area contributed by atoms with Crippen LogP contribution in [0.15, 0.2) is 48.3 Å². The number of aromatic nitrogens is 2. The molecule has 2 aromatic heterocycles. The van der Waals surface area contributed by atoms with E-state index in [0.29, 0.717) is 17.0 Å². The number of Topliss-reactive ketones (excluding diaryl/α,β-unsaturated/α-hetero) is 1. The summed E-state index contributed by atoms with van der Waals surface area (Å²) in [4.78, 5) is 18.6. The van der Waals surface area contributed by atoms with E-state index in [1.807, 2.05) is 24.3 Å². The number of ketones is 1. The highest BCUT2D eigenvalue weighted by atomic mass is 16.5. The minimum atomic E-state index is -0.323. The van der Waals surface area contributed by atoms with Crippen LogP contribution in [0.3, 0.4) is 0 Å². The van der Waals surface area contributed by atoms with Crippen LogP contribution in [0.5, 0.6) is 5.75 Å². The van der Waals surface area contributed by atoms with Crippen LogP contribution < -0.4 is 4.74 Å². The molecule has 2 N–H and O–H groups in total. The van der Waals surface area contributed by atoms with Crippen LogP contribution in [0.25, 0.3) is 17.0 Å². The van der Waals surface area contributed by atoms with Crippen molar-refractivity contribution >= 4 is 22.8 Å². The number of carbonyl (C=O) groups excluding carboxylic acids is 1. The first-order valence-corrected chi connectivity index (χ1v) is 6.68. The van der Waals surface area contributed by atoms with Gasteiger partial charge in [0.25, 0.3) is 0 Å². The molecule has 108 valence electrons. The van der Waals surface area contributed by atoms with Crippen LogP contribution in [0.2, 0.25) is 0 Å². The van der Waals surface area contributed by atoms with Crippen LogP contribution in [0.4, 0.5) is 0 Å². The lowest BCUT2D eigenvalue weighted by Crippen LogP contribution is -2.01. The molecule has 3 rings (SSSR count). The number of H-pyrrole nitrogens is 2. The lowest BCUT2D eigenvalue weighted by atomic mass is 10.0. The molecule has 1 aromatic carbocycles. The molecule has 0 atom stereocenters. The number of methoxy groups -OCH3 is 1. The molecule has 0 bridgehead atoms. The molecule has 0 amide bonds. The molecule has 5 heteroatoms. The number of nitriles is 1. The van der Waals surface area contributed by atoms with Gasteiger partial charge in [-0.2, -0.15) is 5.26 Å². The lowest BCUT2D eigenvalue weighted by molar-refractivity contribution is 0.104. The molecular weight excluding hydrogens is 278 g/mol. The Bertz CT molecular complexity index is 896. The molecule has 5 nitrogen and oxygen atoms in total. The molecular formula is C17H13N3O2. The minimum absolute atomic E-state index is 0.0752. The Hall–Kier alpha value is -3.26. The van der Waals surface area contributed by atoms with E-state index in [-0.39, 0.29) is 11.4 Å². The summed E-state index contributed by atoms with van der Waals surface area (Å²) in [5.41, 5.74) is 2.06. The van der Waals surface area contributed by atoms with Crippen LogP contribution >= 0.6 is 0 Å². The molecule has 0 spiro atoms. The molecule has 0 aliphatic rings. The van der Waals surface area contributed by atoms with Crippen LogP contribution in [-0.2, 0) is 0 Å². The van der Waals surface area contributed by atoms with Crippen molar-refractivity contribution in [2.75, 3.05) is 7.11 Å². The van der Waals surface area contributed by atoms with Crippen molar-refractivity contribution in [1.82, 2.24) is 9.97 Å². The predicted octanol–water partition coefficient (Wildman–Crippen LogP) is 3.29. The topological polar surface area (TPSA) is 81.7 Å². The van der Waals surface area contributed by atoms with Crippen LogP contribution in [-0.4, -0.2) is 22.9 Å². The molecule has 0 saturated carbocycles. The molecule has 2 heterocycles. The first-order valence-electron chi connectivity index (χ1n) is 6.68. The summed E-state index contributed by atoms with van der Waals surface area (Å²) in [5.74, 6) is 0.338. The van der Waals surface area contributed by atoms with E-state index >= 15 is 0 Å². The van der Waals surface area contributed by atoms with Gasteiger partial charge in [0.05, 0.1) is 7.11 Å². The van der Waals surface area contributed by atoms with Crippen molar-refractivity contribution in [2.45, 2.75) is 0 Å². The Balaban J connectivity index is 2.06. The van der Waals surface area contributed by atoms with Crippen molar-refractivity contribution in [3.63, 3.8) is 0 Å². The van der Waals surface area contributed by atoms with Crippen molar-refractivity contribution < 1.29 is 9.53 Å². The largest absolute Gasteiger partial charge is 0.497 e. The number of hydrogen-bond acceptors (Lipinski definition) is 3. The molecule has 0 radical (unpaired) electrons. The number of benzene rings is 1. The summed E-state index contributed by atoms with van der Waals surface area (Å²) in [7, 11) is 1.57. The highest BCUT2D eigenvalue weighted by Gasteiger charge is 2.17. The van der Waals surface area contributed by atoms with Gasteiger partial charge in [-0.3, -0.25) is 4.79 Å². The Morgan fingerprint density at radius 2 is 2.18 bits per heavy atom. The Morgan fingerprint density at radius 1 is 1.32 bits per heavy atom. The number of rotatable bonds is 4. The second kappa shape index (κ2) is 5.62. The van der Waals surface area contributed by atoms with E-state index in [9.17, 15) is 10.1 Å². The van der Waals surface area contributed by atoms with Gasteiger partial charge in [0, 0.05) is 34.6 Å². The number of hydrogen-bond donors (Lipinski definition) is 2. The molecule has 0 fully saturated rings. The van der Waals surface area contributed by atoms with E-state index < -0.39 is 0 Å². The number of carbonyl (C=O) groups is 1. The van der Waals surface area contributed by atoms with E-state index in [1.165, 1.54) is 0 Å². The van der Waals surface area contributed by atoms with Crippen molar-refractivity contribution in [3.05, 3.63) is 59.6 Å². The number of nitrogens with zero attached hydrogens (tertiary/aromatic N) is 1. The molecule has 0 aliphatic carbocycles. The van der Waals surface area contributed by atoms with E-state index in [1.54, 1.807) is 37.7 Å². The summed E-state index contributed by atoms with van der Waals surface area (Å²) >= 11 is 0. The fourth-order valence-electron chi connectivity index (χ4n) is 2.30. The van der Waals surface area contributed by atoms with Crippen molar-refractivity contribution in [1.29, 1.82) is 5.26 Å². The lowest BCUT2D eigenvalue weighted by Gasteiger charge is -2.01. The second-order valence-electron chi connectivity index (χ2n) is 4.74.